The Morgan fingerprint density at radius 3 is 2.29 bits per heavy atom. The summed E-state index contributed by atoms with van der Waals surface area (Å²) in [5, 5.41) is 3.42. The fourth-order valence-electron chi connectivity index (χ4n) is 2.43. The Morgan fingerprint density at radius 1 is 1.24 bits per heavy atom. The lowest BCUT2D eigenvalue weighted by Crippen LogP contribution is -2.45. The van der Waals surface area contributed by atoms with Crippen molar-refractivity contribution in [3.63, 3.8) is 0 Å². The molecule has 0 radical (unpaired) electrons. The van der Waals surface area contributed by atoms with Crippen molar-refractivity contribution in [3.8, 4) is 0 Å². The molecule has 118 valence electrons. The number of nitrogen functional groups attached to an aromatic ring is 1. The number of hydrazine groups is 1. The molecular weight excluding hydrogens is 266 g/mol. The molecule has 1 heterocycles. The minimum atomic E-state index is -0.134. The standard InChI is InChI=1S/C15H27N5O/c1-10-11(17-9-15(21-5)7-6-8-15)18-13(14(2,3)4)19-12(10)20-16/h6-9,16H2,1-5H3,(H2,17,18,19,20). The third kappa shape index (κ3) is 3.27. The summed E-state index contributed by atoms with van der Waals surface area (Å²) in [7, 11) is 1.78. The molecule has 0 bridgehead atoms. The van der Waals surface area contributed by atoms with Gasteiger partial charge in [-0.3, -0.25) is 0 Å². The van der Waals surface area contributed by atoms with Crippen molar-refractivity contribution in [2.24, 2.45) is 5.84 Å². The van der Waals surface area contributed by atoms with Gasteiger partial charge in [0.05, 0.1) is 5.60 Å². The summed E-state index contributed by atoms with van der Waals surface area (Å²) in [6, 6.07) is 0. The molecule has 1 saturated carbocycles. The average Bonchev–Trinajstić information content (AvgIpc) is 2.38. The lowest BCUT2D eigenvalue weighted by Gasteiger charge is -2.40. The van der Waals surface area contributed by atoms with Crippen molar-refractivity contribution in [2.75, 3.05) is 24.4 Å². The fourth-order valence-corrected chi connectivity index (χ4v) is 2.43. The molecule has 0 aromatic carbocycles. The second-order valence-corrected chi connectivity index (χ2v) is 6.86. The van der Waals surface area contributed by atoms with E-state index in [1.807, 2.05) is 6.92 Å². The number of nitrogens with zero attached hydrogens (tertiary/aromatic N) is 2. The van der Waals surface area contributed by atoms with E-state index in [2.05, 4.69) is 41.5 Å². The van der Waals surface area contributed by atoms with Gasteiger partial charge in [-0.15, -0.1) is 0 Å². The lowest BCUT2D eigenvalue weighted by molar-refractivity contribution is -0.0601. The molecule has 2 rings (SSSR count). The van der Waals surface area contributed by atoms with Crippen molar-refractivity contribution < 1.29 is 4.74 Å². The van der Waals surface area contributed by atoms with E-state index in [9.17, 15) is 0 Å². The van der Waals surface area contributed by atoms with Gasteiger partial charge in [0, 0.05) is 24.6 Å². The molecule has 0 atom stereocenters. The summed E-state index contributed by atoms with van der Waals surface area (Å²) in [6.07, 6.45) is 3.41. The second kappa shape index (κ2) is 5.77. The van der Waals surface area contributed by atoms with E-state index >= 15 is 0 Å². The first-order valence-electron chi connectivity index (χ1n) is 7.46. The molecule has 1 fully saturated rings. The first-order valence-corrected chi connectivity index (χ1v) is 7.46. The maximum Gasteiger partial charge on any atom is 0.148 e. The normalized spacial score (nSPS) is 17.2. The molecule has 0 spiro atoms. The van der Waals surface area contributed by atoms with E-state index < -0.39 is 0 Å². The highest BCUT2D eigenvalue weighted by atomic mass is 16.5. The molecule has 0 unspecified atom stereocenters. The first-order chi connectivity index (χ1) is 9.81. The van der Waals surface area contributed by atoms with E-state index in [0.29, 0.717) is 5.82 Å². The number of methoxy groups -OCH3 is 1. The molecule has 6 heteroatoms. The molecule has 0 amide bonds. The SMILES string of the molecule is COC1(CNc2nc(C(C)(C)C)nc(NN)c2C)CCC1. The van der Waals surface area contributed by atoms with Gasteiger partial charge in [-0.2, -0.15) is 0 Å². The molecule has 1 aliphatic carbocycles. The molecule has 6 nitrogen and oxygen atoms in total. The van der Waals surface area contributed by atoms with Crippen LogP contribution in [-0.2, 0) is 10.2 Å². The van der Waals surface area contributed by atoms with Gasteiger partial charge in [0.15, 0.2) is 0 Å². The van der Waals surface area contributed by atoms with Crippen molar-refractivity contribution in [1.29, 1.82) is 0 Å². The zero-order valence-electron chi connectivity index (χ0n) is 13.7. The summed E-state index contributed by atoms with van der Waals surface area (Å²) in [6.45, 7) is 8.98. The van der Waals surface area contributed by atoms with Crippen LogP contribution in [0.3, 0.4) is 0 Å². The number of nitrogens with two attached hydrogens (primary N) is 1. The fraction of sp³-hybridized carbons (Fsp3) is 0.733. The van der Waals surface area contributed by atoms with Crippen molar-refractivity contribution in [3.05, 3.63) is 11.4 Å². The Morgan fingerprint density at radius 2 is 1.86 bits per heavy atom. The van der Waals surface area contributed by atoms with Gasteiger partial charge in [0.25, 0.3) is 0 Å². The van der Waals surface area contributed by atoms with Gasteiger partial charge in [0.1, 0.15) is 17.5 Å². The van der Waals surface area contributed by atoms with E-state index in [1.54, 1.807) is 7.11 Å². The van der Waals surface area contributed by atoms with Crippen LogP contribution in [0.2, 0.25) is 0 Å². The molecule has 0 saturated heterocycles. The summed E-state index contributed by atoms with van der Waals surface area (Å²) >= 11 is 0. The van der Waals surface area contributed by atoms with E-state index in [4.69, 9.17) is 10.6 Å². The molecule has 4 N–H and O–H groups in total. The predicted octanol–water partition coefficient (Wildman–Crippen LogP) is 2.35. The zero-order chi connectivity index (χ0) is 15.7. The van der Waals surface area contributed by atoms with Crippen LogP contribution in [0, 0.1) is 6.92 Å². The van der Waals surface area contributed by atoms with E-state index in [-0.39, 0.29) is 11.0 Å². The minimum Gasteiger partial charge on any atom is -0.376 e. The highest BCUT2D eigenvalue weighted by Crippen LogP contribution is 2.35. The summed E-state index contributed by atoms with van der Waals surface area (Å²) in [5.41, 5.74) is 3.41. The number of ether oxygens (including phenoxy) is 1. The summed E-state index contributed by atoms with van der Waals surface area (Å²) < 4.78 is 5.64. The maximum atomic E-state index is 5.64. The van der Waals surface area contributed by atoms with Crippen LogP contribution in [0.4, 0.5) is 11.6 Å². The van der Waals surface area contributed by atoms with Gasteiger partial charge in [-0.05, 0) is 26.2 Å². The number of aromatic nitrogens is 2. The average molecular weight is 293 g/mol. The lowest BCUT2D eigenvalue weighted by atomic mass is 9.80. The number of hydrogen-bond acceptors (Lipinski definition) is 6. The zero-order valence-corrected chi connectivity index (χ0v) is 13.7. The third-order valence-electron chi connectivity index (χ3n) is 4.23. The van der Waals surface area contributed by atoms with Crippen molar-refractivity contribution in [2.45, 2.75) is 58.0 Å². The highest BCUT2D eigenvalue weighted by Gasteiger charge is 2.37. The van der Waals surface area contributed by atoms with Crippen LogP contribution in [-0.4, -0.2) is 29.2 Å². The number of nitrogens with one attached hydrogen (secondary N) is 2. The highest BCUT2D eigenvalue weighted by molar-refractivity contribution is 5.57. The maximum absolute atomic E-state index is 5.64. The van der Waals surface area contributed by atoms with Gasteiger partial charge in [-0.25, -0.2) is 15.8 Å². The van der Waals surface area contributed by atoms with Crippen LogP contribution >= 0.6 is 0 Å². The van der Waals surface area contributed by atoms with Gasteiger partial charge >= 0.3 is 0 Å². The predicted molar refractivity (Wildman–Crippen MR) is 85.4 cm³/mol. The molecule has 21 heavy (non-hydrogen) atoms. The smallest absolute Gasteiger partial charge is 0.148 e. The Balaban J connectivity index is 2.25. The topological polar surface area (TPSA) is 85.1 Å². The number of anilines is 2. The minimum absolute atomic E-state index is 0.0460. The summed E-state index contributed by atoms with van der Waals surface area (Å²) in [4.78, 5) is 9.18. The monoisotopic (exact) mass is 293 g/mol. The van der Waals surface area contributed by atoms with Gasteiger partial charge < -0.3 is 15.5 Å². The van der Waals surface area contributed by atoms with Crippen LogP contribution in [0.5, 0.6) is 0 Å². The van der Waals surface area contributed by atoms with Crippen molar-refractivity contribution >= 4 is 11.6 Å². The Bertz CT molecular complexity index is 500. The quantitative estimate of drug-likeness (QED) is 0.571. The van der Waals surface area contributed by atoms with E-state index in [0.717, 1.165) is 36.6 Å². The molecule has 1 aliphatic rings. The van der Waals surface area contributed by atoms with Gasteiger partial charge in [0.2, 0.25) is 0 Å². The Labute approximate surface area is 126 Å². The van der Waals surface area contributed by atoms with E-state index in [1.165, 1.54) is 6.42 Å². The van der Waals surface area contributed by atoms with Crippen LogP contribution in [0.15, 0.2) is 0 Å². The molecular formula is C15H27N5O. The first kappa shape index (κ1) is 16.0. The third-order valence-corrected chi connectivity index (χ3v) is 4.23. The second-order valence-electron chi connectivity index (χ2n) is 6.86. The van der Waals surface area contributed by atoms with Gasteiger partial charge in [-0.1, -0.05) is 20.8 Å². The van der Waals surface area contributed by atoms with Crippen LogP contribution in [0.1, 0.15) is 51.4 Å². The van der Waals surface area contributed by atoms with Crippen LogP contribution in [0.25, 0.3) is 0 Å². The summed E-state index contributed by atoms with van der Waals surface area (Å²) in [5.74, 6) is 7.84. The Kier molecular flexibility index (Phi) is 4.39. The number of hydrogen-bond donors (Lipinski definition) is 3. The molecule has 1 aromatic rings. The van der Waals surface area contributed by atoms with Crippen molar-refractivity contribution in [1.82, 2.24) is 9.97 Å². The number of rotatable bonds is 5. The molecule has 0 aliphatic heterocycles. The Hall–Kier alpha value is -1.40. The van der Waals surface area contributed by atoms with Crippen LogP contribution < -0.4 is 16.6 Å². The largest absolute Gasteiger partial charge is 0.376 e. The molecule has 1 aromatic heterocycles.